The number of hydrogen-bond donors (Lipinski definition) is 2. The van der Waals surface area contributed by atoms with E-state index >= 15 is 0 Å². The Morgan fingerprint density at radius 1 is 1.09 bits per heavy atom. The first-order valence-electron chi connectivity index (χ1n) is 10.8. The molecule has 1 aliphatic rings. The number of nitrogens with zero attached hydrogens (tertiary/aromatic N) is 2. The van der Waals surface area contributed by atoms with E-state index in [1.54, 1.807) is 26.0 Å². The van der Waals surface area contributed by atoms with Gasteiger partial charge in [0.15, 0.2) is 0 Å². The summed E-state index contributed by atoms with van der Waals surface area (Å²) in [6.07, 6.45) is 0. The molecule has 1 saturated heterocycles. The summed E-state index contributed by atoms with van der Waals surface area (Å²) in [6, 6.07) is 10.7. The van der Waals surface area contributed by atoms with Gasteiger partial charge in [0.1, 0.15) is 11.5 Å². The molecule has 10 heteroatoms. The number of amides is 1. The van der Waals surface area contributed by atoms with Gasteiger partial charge in [-0.1, -0.05) is 26.0 Å². The number of phenolic OH excluding ortho intramolecular Hbond substituents is 1. The predicted molar refractivity (Wildman–Crippen MR) is 126 cm³/mol. The Hall–Kier alpha value is -3.21. The molecular weight excluding hydrogens is 460 g/mol. The van der Waals surface area contributed by atoms with Crippen LogP contribution in [-0.4, -0.2) is 72.9 Å². The minimum absolute atomic E-state index is 0.0535. The van der Waals surface area contributed by atoms with Gasteiger partial charge < -0.3 is 19.8 Å². The van der Waals surface area contributed by atoms with Gasteiger partial charge in [0.05, 0.1) is 23.1 Å². The van der Waals surface area contributed by atoms with Crippen molar-refractivity contribution < 1.29 is 33.0 Å². The van der Waals surface area contributed by atoms with Crippen LogP contribution in [-0.2, 0) is 24.3 Å². The van der Waals surface area contributed by atoms with E-state index in [4.69, 9.17) is 4.74 Å². The van der Waals surface area contributed by atoms with Crippen molar-refractivity contribution in [2.24, 2.45) is 0 Å². The fourth-order valence-electron chi connectivity index (χ4n) is 3.99. The number of phenols is 1. The lowest BCUT2D eigenvalue weighted by Gasteiger charge is -2.25. The van der Waals surface area contributed by atoms with Gasteiger partial charge in [-0.05, 0) is 42.0 Å². The van der Waals surface area contributed by atoms with Crippen molar-refractivity contribution in [2.75, 3.05) is 33.4 Å². The summed E-state index contributed by atoms with van der Waals surface area (Å²) in [5.41, 5.74) is 0.483. The van der Waals surface area contributed by atoms with Gasteiger partial charge in [0, 0.05) is 32.3 Å². The highest BCUT2D eigenvalue weighted by Crippen LogP contribution is 2.40. The van der Waals surface area contributed by atoms with Crippen LogP contribution in [0.2, 0.25) is 0 Å². The first-order valence-corrected chi connectivity index (χ1v) is 12.3. The lowest BCUT2D eigenvalue weighted by atomic mass is 9.95. The monoisotopic (exact) mass is 488 g/mol. The van der Waals surface area contributed by atoms with E-state index in [0.717, 1.165) is 0 Å². The Morgan fingerprint density at radius 3 is 2.29 bits per heavy atom. The second kappa shape index (κ2) is 10.4. The number of carbonyl (C=O) groups is 2. The van der Waals surface area contributed by atoms with Crippen LogP contribution in [0.15, 0.2) is 59.0 Å². The SMILES string of the molecule is CCN(CC)S(=O)(=O)c1ccc(C(O)=C2C(=O)C(=O)N(CCOC)C2c2cccc(O)c2)cc1. The molecule has 0 aliphatic carbocycles. The summed E-state index contributed by atoms with van der Waals surface area (Å²) in [5.74, 6) is -2.16. The van der Waals surface area contributed by atoms with E-state index < -0.39 is 33.5 Å². The summed E-state index contributed by atoms with van der Waals surface area (Å²) in [5, 5.41) is 21.0. The summed E-state index contributed by atoms with van der Waals surface area (Å²) >= 11 is 0. The Kier molecular flexibility index (Phi) is 7.75. The molecule has 2 aromatic rings. The van der Waals surface area contributed by atoms with Crippen LogP contribution in [0.5, 0.6) is 5.75 Å². The zero-order valence-electron chi connectivity index (χ0n) is 19.3. The van der Waals surface area contributed by atoms with Crippen molar-refractivity contribution in [1.82, 2.24) is 9.21 Å². The van der Waals surface area contributed by atoms with Crippen molar-refractivity contribution in [2.45, 2.75) is 24.8 Å². The maximum atomic E-state index is 12.9. The van der Waals surface area contributed by atoms with E-state index in [2.05, 4.69) is 0 Å². The van der Waals surface area contributed by atoms with E-state index in [1.165, 1.54) is 52.7 Å². The second-order valence-corrected chi connectivity index (χ2v) is 9.63. The maximum Gasteiger partial charge on any atom is 0.295 e. The van der Waals surface area contributed by atoms with Crippen LogP contribution in [0.25, 0.3) is 5.76 Å². The molecule has 3 rings (SSSR count). The lowest BCUT2D eigenvalue weighted by Crippen LogP contribution is -2.32. The number of aromatic hydroxyl groups is 1. The molecule has 34 heavy (non-hydrogen) atoms. The molecule has 182 valence electrons. The molecular formula is C24H28N2O7S. The largest absolute Gasteiger partial charge is 0.508 e. The summed E-state index contributed by atoms with van der Waals surface area (Å²) in [6.45, 7) is 4.38. The number of aliphatic hydroxyl groups excluding tert-OH is 1. The molecule has 1 fully saturated rings. The average molecular weight is 489 g/mol. The lowest BCUT2D eigenvalue weighted by molar-refractivity contribution is -0.140. The van der Waals surface area contributed by atoms with Crippen molar-refractivity contribution in [3.63, 3.8) is 0 Å². The fourth-order valence-corrected chi connectivity index (χ4v) is 5.45. The standard InChI is InChI=1S/C24H28N2O7S/c1-4-25(5-2)34(31,32)19-11-9-16(10-12-19)22(28)20-21(17-7-6-8-18(27)15-17)26(13-14-33-3)24(30)23(20)29/h6-12,15,21,27-28H,4-5,13-14H2,1-3H3. The second-order valence-electron chi connectivity index (χ2n) is 7.69. The van der Waals surface area contributed by atoms with E-state index in [1.807, 2.05) is 0 Å². The summed E-state index contributed by atoms with van der Waals surface area (Å²) in [7, 11) is -2.23. The van der Waals surface area contributed by atoms with Gasteiger partial charge in [-0.2, -0.15) is 4.31 Å². The molecule has 9 nitrogen and oxygen atoms in total. The highest BCUT2D eigenvalue weighted by Gasteiger charge is 2.46. The highest BCUT2D eigenvalue weighted by molar-refractivity contribution is 7.89. The van der Waals surface area contributed by atoms with E-state index in [9.17, 15) is 28.2 Å². The maximum absolute atomic E-state index is 12.9. The number of ether oxygens (including phenoxy) is 1. The number of hydrogen-bond acceptors (Lipinski definition) is 7. The minimum Gasteiger partial charge on any atom is -0.508 e. The molecule has 1 atom stereocenters. The highest BCUT2D eigenvalue weighted by atomic mass is 32.2. The molecule has 1 amide bonds. The van der Waals surface area contributed by atoms with Gasteiger partial charge in [0.25, 0.3) is 11.7 Å². The van der Waals surface area contributed by atoms with Crippen molar-refractivity contribution >= 4 is 27.5 Å². The zero-order chi connectivity index (χ0) is 25.0. The van der Waals surface area contributed by atoms with Gasteiger partial charge in [-0.3, -0.25) is 9.59 Å². The first kappa shape index (κ1) is 25.4. The Labute approximate surface area is 198 Å². The topological polar surface area (TPSA) is 124 Å². The van der Waals surface area contributed by atoms with Gasteiger partial charge in [-0.25, -0.2) is 8.42 Å². The van der Waals surface area contributed by atoms with Crippen LogP contribution in [0.4, 0.5) is 0 Å². The number of ketones is 1. The number of aliphatic hydroxyl groups is 1. The van der Waals surface area contributed by atoms with Crippen LogP contribution < -0.4 is 0 Å². The first-order chi connectivity index (χ1) is 16.2. The van der Waals surface area contributed by atoms with Gasteiger partial charge >= 0.3 is 0 Å². The number of Topliss-reactive ketones (excluding diaryl/α,β-unsaturated/α-hetero) is 1. The molecule has 2 aromatic carbocycles. The Balaban J connectivity index is 2.10. The molecule has 1 unspecified atom stereocenters. The minimum atomic E-state index is -3.70. The van der Waals surface area contributed by atoms with Crippen LogP contribution in [0.3, 0.4) is 0 Å². The van der Waals surface area contributed by atoms with Crippen molar-refractivity contribution in [3.05, 3.63) is 65.2 Å². The average Bonchev–Trinajstić information content (AvgIpc) is 3.07. The molecule has 0 radical (unpaired) electrons. The normalized spacial score (nSPS) is 18.1. The third-order valence-electron chi connectivity index (χ3n) is 5.73. The van der Waals surface area contributed by atoms with Crippen LogP contribution in [0, 0.1) is 0 Å². The van der Waals surface area contributed by atoms with Crippen molar-refractivity contribution in [1.29, 1.82) is 0 Å². The molecule has 1 heterocycles. The molecule has 2 N–H and O–H groups in total. The molecule has 0 saturated carbocycles. The third-order valence-corrected chi connectivity index (χ3v) is 7.80. The van der Waals surface area contributed by atoms with Crippen LogP contribution in [0.1, 0.15) is 31.0 Å². The molecule has 0 bridgehead atoms. The predicted octanol–water partition coefficient (Wildman–Crippen LogP) is 2.49. The van der Waals surface area contributed by atoms with E-state index in [-0.39, 0.29) is 34.9 Å². The number of sulfonamides is 1. The smallest absolute Gasteiger partial charge is 0.295 e. The number of methoxy groups -OCH3 is 1. The number of carbonyl (C=O) groups excluding carboxylic acids is 2. The molecule has 1 aliphatic heterocycles. The fraction of sp³-hybridized carbons (Fsp3) is 0.333. The zero-order valence-corrected chi connectivity index (χ0v) is 20.1. The summed E-state index contributed by atoms with van der Waals surface area (Å²) < 4.78 is 31.9. The Morgan fingerprint density at radius 2 is 1.74 bits per heavy atom. The molecule has 0 aromatic heterocycles. The van der Waals surface area contributed by atoms with Crippen molar-refractivity contribution in [3.8, 4) is 5.75 Å². The number of benzene rings is 2. The number of rotatable bonds is 9. The van der Waals surface area contributed by atoms with Crippen LogP contribution >= 0.6 is 0 Å². The number of likely N-dealkylation sites (tertiary alicyclic amines) is 1. The van der Waals surface area contributed by atoms with Gasteiger partial charge in [0.2, 0.25) is 10.0 Å². The summed E-state index contributed by atoms with van der Waals surface area (Å²) in [4.78, 5) is 27.1. The quantitative estimate of drug-likeness (QED) is 0.316. The molecule has 0 spiro atoms. The van der Waals surface area contributed by atoms with E-state index in [0.29, 0.717) is 18.7 Å². The van der Waals surface area contributed by atoms with Gasteiger partial charge in [-0.15, -0.1) is 0 Å². The Bertz CT molecular complexity index is 1200. The third kappa shape index (κ3) is 4.70.